The quantitative estimate of drug-likeness (QED) is 0.124. The van der Waals surface area contributed by atoms with Crippen molar-refractivity contribution in [1.29, 1.82) is 0 Å². The average Bonchev–Trinajstić information content (AvgIpc) is 2.89. The zero-order valence-corrected chi connectivity index (χ0v) is 21.7. The highest BCUT2D eigenvalue weighted by molar-refractivity contribution is 5.81. The largest absolute Gasteiger partial charge is 0.481 e. The molecule has 2 N–H and O–H groups in total. The molecule has 1 unspecified atom stereocenters. The SMILES string of the molecule is CC(C[C@@H](Cc1ccc(-c2ccccc2)cc1)NC(=O)CCC(=O)O)C(=O)OCCCCCCO[N+](=O)[O-]. The van der Waals surface area contributed by atoms with Crippen LogP contribution in [0.25, 0.3) is 11.1 Å². The van der Waals surface area contributed by atoms with Gasteiger partial charge in [-0.2, -0.15) is 0 Å². The molecule has 38 heavy (non-hydrogen) atoms. The first-order valence-electron chi connectivity index (χ1n) is 12.8. The first-order chi connectivity index (χ1) is 18.2. The molecule has 0 bridgehead atoms. The molecule has 2 aromatic rings. The van der Waals surface area contributed by atoms with E-state index in [1.54, 1.807) is 6.92 Å². The predicted molar refractivity (Wildman–Crippen MR) is 141 cm³/mol. The average molecular weight is 529 g/mol. The third-order valence-corrected chi connectivity index (χ3v) is 5.99. The van der Waals surface area contributed by atoms with Crippen LogP contribution in [-0.4, -0.2) is 47.3 Å². The first-order valence-corrected chi connectivity index (χ1v) is 12.8. The van der Waals surface area contributed by atoms with Gasteiger partial charge in [0.1, 0.15) is 0 Å². The van der Waals surface area contributed by atoms with Crippen LogP contribution in [0.5, 0.6) is 0 Å². The van der Waals surface area contributed by atoms with E-state index >= 15 is 0 Å². The lowest BCUT2D eigenvalue weighted by atomic mass is 9.94. The van der Waals surface area contributed by atoms with Crippen LogP contribution in [-0.2, 0) is 30.4 Å². The lowest BCUT2D eigenvalue weighted by Crippen LogP contribution is -2.39. The number of unbranched alkanes of at least 4 members (excludes halogenated alkanes) is 3. The molecule has 2 aromatic carbocycles. The molecule has 0 radical (unpaired) electrons. The molecule has 206 valence electrons. The molecular weight excluding hydrogens is 492 g/mol. The number of aliphatic carboxylic acids is 1. The van der Waals surface area contributed by atoms with E-state index in [9.17, 15) is 24.5 Å². The lowest BCUT2D eigenvalue weighted by Gasteiger charge is -2.22. The van der Waals surface area contributed by atoms with E-state index in [0.29, 0.717) is 25.7 Å². The Labute approximate surface area is 222 Å². The first kappa shape index (κ1) is 30.3. The van der Waals surface area contributed by atoms with Gasteiger partial charge in [-0.25, -0.2) is 0 Å². The van der Waals surface area contributed by atoms with Crippen molar-refractivity contribution < 1.29 is 34.2 Å². The smallest absolute Gasteiger partial charge is 0.308 e. The topological polar surface area (TPSA) is 145 Å². The number of carboxylic acids is 1. The number of nitrogens with one attached hydrogen (secondary N) is 1. The van der Waals surface area contributed by atoms with Crippen molar-refractivity contribution in [3.63, 3.8) is 0 Å². The van der Waals surface area contributed by atoms with Crippen LogP contribution in [0.3, 0.4) is 0 Å². The molecule has 10 heteroatoms. The standard InChI is InChI=1S/C28H36N2O8/c1-21(28(34)37-17-7-2-3-8-18-38-30(35)36)19-25(29-26(31)15-16-27(32)33)20-22-11-13-24(14-12-22)23-9-5-4-6-10-23/h4-6,9-14,21,25H,2-3,7-8,15-20H2,1H3,(H,29,31)(H,32,33)/t21?,25-/m0/s1. The van der Waals surface area contributed by atoms with Gasteiger partial charge in [-0.1, -0.05) is 67.9 Å². The highest BCUT2D eigenvalue weighted by atomic mass is 16.9. The van der Waals surface area contributed by atoms with Crippen molar-refractivity contribution in [3.8, 4) is 11.1 Å². The Hall–Kier alpha value is -3.95. The highest BCUT2D eigenvalue weighted by Crippen LogP contribution is 2.21. The molecule has 0 aliphatic rings. The van der Waals surface area contributed by atoms with Gasteiger partial charge in [0.2, 0.25) is 5.91 Å². The third kappa shape index (κ3) is 12.3. The molecule has 0 heterocycles. The van der Waals surface area contributed by atoms with Gasteiger partial charge < -0.3 is 20.0 Å². The lowest BCUT2D eigenvalue weighted by molar-refractivity contribution is -0.757. The van der Waals surface area contributed by atoms with Crippen LogP contribution in [0, 0.1) is 16.0 Å². The second kappa shape index (κ2) is 16.7. The number of carboxylic acid groups (broad SMARTS) is 1. The highest BCUT2D eigenvalue weighted by Gasteiger charge is 2.22. The Morgan fingerprint density at radius 2 is 1.55 bits per heavy atom. The van der Waals surface area contributed by atoms with Gasteiger partial charge in [0, 0.05) is 12.5 Å². The van der Waals surface area contributed by atoms with Crippen LogP contribution in [0.4, 0.5) is 0 Å². The van der Waals surface area contributed by atoms with Crippen molar-refractivity contribution in [2.24, 2.45) is 5.92 Å². The fourth-order valence-electron chi connectivity index (χ4n) is 4.00. The Kier molecular flexibility index (Phi) is 13.3. The number of hydrogen-bond donors (Lipinski definition) is 2. The number of rotatable bonds is 18. The summed E-state index contributed by atoms with van der Waals surface area (Å²) in [4.78, 5) is 50.1. The van der Waals surface area contributed by atoms with Crippen molar-refractivity contribution in [3.05, 3.63) is 70.3 Å². The number of benzene rings is 2. The van der Waals surface area contributed by atoms with Crippen LogP contribution >= 0.6 is 0 Å². The number of ether oxygens (including phenoxy) is 1. The Morgan fingerprint density at radius 1 is 0.921 bits per heavy atom. The van der Waals surface area contributed by atoms with Crippen molar-refractivity contribution >= 4 is 17.8 Å². The fourth-order valence-corrected chi connectivity index (χ4v) is 4.00. The van der Waals surface area contributed by atoms with Crippen LogP contribution in [0.2, 0.25) is 0 Å². The van der Waals surface area contributed by atoms with E-state index in [4.69, 9.17) is 9.84 Å². The summed E-state index contributed by atoms with van der Waals surface area (Å²) in [6.45, 7) is 2.04. The van der Waals surface area contributed by atoms with Crippen molar-refractivity contribution in [2.45, 2.75) is 64.3 Å². The van der Waals surface area contributed by atoms with Gasteiger partial charge in [0.05, 0.1) is 25.6 Å². The molecule has 0 aromatic heterocycles. The van der Waals surface area contributed by atoms with Gasteiger partial charge in [0.25, 0.3) is 5.09 Å². The van der Waals surface area contributed by atoms with Gasteiger partial charge >= 0.3 is 11.9 Å². The maximum Gasteiger partial charge on any atom is 0.308 e. The molecule has 10 nitrogen and oxygen atoms in total. The van der Waals surface area contributed by atoms with E-state index in [-0.39, 0.29) is 44.0 Å². The maximum atomic E-state index is 12.5. The number of esters is 1. The van der Waals surface area contributed by atoms with E-state index < -0.39 is 17.0 Å². The number of hydrogen-bond acceptors (Lipinski definition) is 7. The zero-order chi connectivity index (χ0) is 27.8. The van der Waals surface area contributed by atoms with E-state index in [2.05, 4.69) is 10.2 Å². The van der Waals surface area contributed by atoms with E-state index in [1.807, 2.05) is 54.6 Å². The van der Waals surface area contributed by atoms with Crippen LogP contribution in [0.1, 0.15) is 57.4 Å². The molecule has 2 rings (SSSR count). The minimum atomic E-state index is -1.05. The summed E-state index contributed by atoms with van der Waals surface area (Å²) in [5.41, 5.74) is 3.15. The second-order valence-electron chi connectivity index (χ2n) is 9.20. The molecule has 0 saturated carbocycles. The van der Waals surface area contributed by atoms with Crippen molar-refractivity contribution in [2.75, 3.05) is 13.2 Å². The Morgan fingerprint density at radius 3 is 2.18 bits per heavy atom. The third-order valence-electron chi connectivity index (χ3n) is 5.99. The van der Waals surface area contributed by atoms with Gasteiger partial charge in [-0.3, -0.25) is 14.4 Å². The molecule has 0 saturated heterocycles. The number of nitrogens with zero attached hydrogens (tertiary/aromatic N) is 1. The summed E-state index contributed by atoms with van der Waals surface area (Å²) in [6, 6.07) is 17.6. The van der Waals surface area contributed by atoms with E-state index in [1.165, 1.54) is 0 Å². The number of amides is 1. The summed E-state index contributed by atoms with van der Waals surface area (Å²) < 4.78 is 5.38. The molecule has 2 atom stereocenters. The predicted octanol–water partition coefficient (Wildman–Crippen LogP) is 4.58. The van der Waals surface area contributed by atoms with Crippen molar-refractivity contribution in [1.82, 2.24) is 5.32 Å². The van der Waals surface area contributed by atoms with Crippen LogP contribution in [0.15, 0.2) is 54.6 Å². The summed E-state index contributed by atoms with van der Waals surface area (Å²) >= 11 is 0. The summed E-state index contributed by atoms with van der Waals surface area (Å²) in [6.07, 6.45) is 3.11. The normalized spacial score (nSPS) is 12.2. The monoisotopic (exact) mass is 528 g/mol. The molecule has 0 aliphatic heterocycles. The molecule has 0 fully saturated rings. The minimum absolute atomic E-state index is 0.0539. The molecule has 1 amide bonds. The molecule has 0 spiro atoms. The summed E-state index contributed by atoms with van der Waals surface area (Å²) in [5, 5.41) is 21.1. The van der Waals surface area contributed by atoms with Gasteiger partial charge in [0.15, 0.2) is 0 Å². The van der Waals surface area contributed by atoms with E-state index in [0.717, 1.165) is 29.5 Å². The Balaban J connectivity index is 1.88. The number of carbonyl (C=O) groups excluding carboxylic acids is 2. The summed E-state index contributed by atoms with van der Waals surface area (Å²) in [5.74, 6) is -2.27. The number of carbonyl (C=O) groups is 3. The minimum Gasteiger partial charge on any atom is -0.481 e. The molecule has 0 aliphatic carbocycles. The fraction of sp³-hybridized carbons (Fsp3) is 0.464. The summed E-state index contributed by atoms with van der Waals surface area (Å²) in [7, 11) is 0. The zero-order valence-electron chi connectivity index (χ0n) is 21.7. The maximum absolute atomic E-state index is 12.5. The second-order valence-corrected chi connectivity index (χ2v) is 9.20. The van der Waals surface area contributed by atoms with Crippen LogP contribution < -0.4 is 5.32 Å². The van der Waals surface area contributed by atoms with Gasteiger partial charge in [-0.05, 0) is 48.8 Å². The Bertz CT molecular complexity index is 1030. The molecular formula is C28H36N2O8. The van der Waals surface area contributed by atoms with Gasteiger partial charge in [-0.15, -0.1) is 10.1 Å².